The molecule has 1 aliphatic heterocycles. The second-order valence-corrected chi connectivity index (χ2v) is 6.03. The van der Waals surface area contributed by atoms with E-state index in [4.69, 9.17) is 4.74 Å². The number of rotatable bonds is 1. The van der Waals surface area contributed by atoms with Crippen molar-refractivity contribution in [1.29, 1.82) is 0 Å². The van der Waals surface area contributed by atoms with E-state index < -0.39 is 5.60 Å². The smallest absolute Gasteiger partial charge is 0.340 e. The first-order valence-corrected chi connectivity index (χ1v) is 6.46. The zero-order valence-corrected chi connectivity index (χ0v) is 11.5. The summed E-state index contributed by atoms with van der Waals surface area (Å²) in [5, 5.41) is 3.35. The van der Waals surface area contributed by atoms with E-state index in [0.29, 0.717) is 11.5 Å². The highest BCUT2D eigenvalue weighted by atomic mass is 16.6. The molecule has 1 N–H and O–H groups in total. The fourth-order valence-electron chi connectivity index (χ4n) is 2.21. The molecule has 1 atom stereocenters. The van der Waals surface area contributed by atoms with Crippen LogP contribution in [-0.4, -0.2) is 18.1 Å². The summed E-state index contributed by atoms with van der Waals surface area (Å²) in [6, 6.07) is 5.83. The summed E-state index contributed by atoms with van der Waals surface area (Å²) in [5.41, 5.74) is 2.35. The van der Waals surface area contributed by atoms with Gasteiger partial charge in [-0.05, 0) is 44.7 Å². The van der Waals surface area contributed by atoms with Crippen LogP contribution in [0.2, 0.25) is 0 Å². The fraction of sp³-hybridized carbons (Fsp3) is 0.533. The van der Waals surface area contributed by atoms with Crippen LogP contribution in [0.5, 0.6) is 0 Å². The van der Waals surface area contributed by atoms with Crippen molar-refractivity contribution in [3.63, 3.8) is 0 Å². The number of carbonyl (C=O) groups excluding carboxylic acids is 1. The second kappa shape index (κ2) is 4.63. The molecule has 0 fully saturated rings. The quantitative estimate of drug-likeness (QED) is 0.774. The Morgan fingerprint density at radius 2 is 2.11 bits per heavy atom. The van der Waals surface area contributed by atoms with Gasteiger partial charge in [0.05, 0.1) is 11.3 Å². The normalized spacial score (nSPS) is 18.8. The zero-order chi connectivity index (χ0) is 13.3. The molecular formula is C15H21NO2. The highest BCUT2D eigenvalue weighted by Crippen LogP contribution is 2.29. The molecule has 0 aromatic heterocycles. The molecule has 3 nitrogen and oxygen atoms in total. The lowest BCUT2D eigenvalue weighted by molar-refractivity contribution is 0.00704. The van der Waals surface area contributed by atoms with Crippen molar-refractivity contribution in [1.82, 2.24) is 0 Å². The van der Waals surface area contributed by atoms with Gasteiger partial charge in [-0.25, -0.2) is 4.79 Å². The predicted octanol–water partition coefficient (Wildman–Crippen LogP) is 3.25. The summed E-state index contributed by atoms with van der Waals surface area (Å²) in [6.07, 6.45) is 1.01. The zero-order valence-electron chi connectivity index (χ0n) is 11.5. The molecule has 2 rings (SSSR count). The van der Waals surface area contributed by atoms with Crippen LogP contribution in [0.3, 0.4) is 0 Å². The number of ether oxygens (including phenoxy) is 1. The lowest BCUT2D eigenvalue weighted by atomic mass is 9.93. The standard InChI is InChI=1S/C15H21NO2/c1-10-8-11-6-5-7-12(13(11)16-9-10)14(17)18-15(2,3)4/h5-7,10,16H,8-9H2,1-4H3. The van der Waals surface area contributed by atoms with E-state index in [0.717, 1.165) is 18.7 Å². The summed E-state index contributed by atoms with van der Waals surface area (Å²) < 4.78 is 5.44. The molecule has 3 heteroatoms. The van der Waals surface area contributed by atoms with Crippen LogP contribution in [0.15, 0.2) is 18.2 Å². The van der Waals surface area contributed by atoms with Crippen molar-refractivity contribution < 1.29 is 9.53 Å². The number of hydrogen-bond acceptors (Lipinski definition) is 3. The molecule has 0 saturated heterocycles. The van der Waals surface area contributed by atoms with Crippen LogP contribution < -0.4 is 5.32 Å². The minimum Gasteiger partial charge on any atom is -0.456 e. The monoisotopic (exact) mass is 247 g/mol. The summed E-state index contributed by atoms with van der Waals surface area (Å²) in [6.45, 7) is 8.77. The van der Waals surface area contributed by atoms with Gasteiger partial charge in [0.2, 0.25) is 0 Å². The first kappa shape index (κ1) is 12.9. The summed E-state index contributed by atoms with van der Waals surface area (Å²) in [4.78, 5) is 12.2. The number of anilines is 1. The third-order valence-corrected chi connectivity index (χ3v) is 2.97. The van der Waals surface area contributed by atoms with Crippen LogP contribution in [0, 0.1) is 5.92 Å². The molecule has 1 aliphatic rings. The lowest BCUT2D eigenvalue weighted by Crippen LogP contribution is -2.27. The van der Waals surface area contributed by atoms with Crippen molar-refractivity contribution in [3.8, 4) is 0 Å². The molecule has 0 amide bonds. The molecule has 18 heavy (non-hydrogen) atoms. The summed E-state index contributed by atoms with van der Waals surface area (Å²) in [5.74, 6) is 0.354. The molecule has 0 spiro atoms. The number of hydrogen-bond donors (Lipinski definition) is 1. The number of fused-ring (bicyclic) bond motifs is 1. The minimum absolute atomic E-state index is 0.249. The van der Waals surface area contributed by atoms with Crippen LogP contribution in [-0.2, 0) is 11.2 Å². The van der Waals surface area contributed by atoms with E-state index >= 15 is 0 Å². The average molecular weight is 247 g/mol. The van der Waals surface area contributed by atoms with Crippen LogP contribution in [0.4, 0.5) is 5.69 Å². The van der Waals surface area contributed by atoms with Gasteiger partial charge in [-0.15, -0.1) is 0 Å². The third-order valence-electron chi connectivity index (χ3n) is 2.97. The highest BCUT2D eigenvalue weighted by molar-refractivity contribution is 5.96. The number of esters is 1. The average Bonchev–Trinajstić information content (AvgIpc) is 2.25. The van der Waals surface area contributed by atoms with Gasteiger partial charge >= 0.3 is 5.97 Å². The maximum Gasteiger partial charge on any atom is 0.340 e. The molecule has 0 saturated carbocycles. The van der Waals surface area contributed by atoms with Crippen molar-refractivity contribution in [2.24, 2.45) is 5.92 Å². The molecule has 1 heterocycles. The predicted molar refractivity (Wildman–Crippen MR) is 73.0 cm³/mol. The molecule has 0 bridgehead atoms. The van der Waals surface area contributed by atoms with E-state index in [2.05, 4.69) is 18.3 Å². The van der Waals surface area contributed by atoms with Crippen molar-refractivity contribution in [3.05, 3.63) is 29.3 Å². The van der Waals surface area contributed by atoms with Gasteiger partial charge in [0, 0.05) is 6.54 Å². The highest BCUT2D eigenvalue weighted by Gasteiger charge is 2.24. The lowest BCUT2D eigenvalue weighted by Gasteiger charge is -2.26. The Balaban J connectivity index is 2.29. The first-order chi connectivity index (χ1) is 8.37. The molecule has 0 radical (unpaired) electrons. The van der Waals surface area contributed by atoms with Gasteiger partial charge in [-0.1, -0.05) is 19.1 Å². The number of para-hydroxylation sites is 1. The maximum absolute atomic E-state index is 12.2. The Hall–Kier alpha value is -1.51. The molecule has 98 valence electrons. The van der Waals surface area contributed by atoms with E-state index in [1.807, 2.05) is 32.9 Å². The van der Waals surface area contributed by atoms with Crippen LogP contribution in [0.1, 0.15) is 43.6 Å². The molecule has 1 aromatic rings. The number of nitrogens with one attached hydrogen (secondary N) is 1. The summed E-state index contributed by atoms with van der Waals surface area (Å²) in [7, 11) is 0. The van der Waals surface area contributed by atoms with Crippen molar-refractivity contribution in [2.75, 3.05) is 11.9 Å². The van der Waals surface area contributed by atoms with Gasteiger partial charge in [-0.3, -0.25) is 0 Å². The van der Waals surface area contributed by atoms with E-state index in [9.17, 15) is 4.79 Å². The molecule has 0 aliphatic carbocycles. The topological polar surface area (TPSA) is 38.3 Å². The number of benzene rings is 1. The Morgan fingerprint density at radius 1 is 1.39 bits per heavy atom. The molecule has 1 unspecified atom stereocenters. The Labute approximate surface area is 109 Å². The Morgan fingerprint density at radius 3 is 2.78 bits per heavy atom. The Kier molecular flexibility index (Phi) is 3.33. The van der Waals surface area contributed by atoms with E-state index in [1.54, 1.807) is 0 Å². The van der Waals surface area contributed by atoms with Gasteiger partial charge < -0.3 is 10.1 Å². The third kappa shape index (κ3) is 2.84. The van der Waals surface area contributed by atoms with Gasteiger partial charge in [0.1, 0.15) is 5.60 Å². The molecule has 1 aromatic carbocycles. The van der Waals surface area contributed by atoms with Gasteiger partial charge in [0.15, 0.2) is 0 Å². The largest absolute Gasteiger partial charge is 0.456 e. The Bertz CT molecular complexity index is 460. The van der Waals surface area contributed by atoms with Crippen molar-refractivity contribution >= 4 is 11.7 Å². The molecular weight excluding hydrogens is 226 g/mol. The second-order valence-electron chi connectivity index (χ2n) is 6.03. The number of carbonyl (C=O) groups is 1. The SMILES string of the molecule is CC1CNc2c(cccc2C(=O)OC(C)(C)C)C1. The van der Waals surface area contributed by atoms with Gasteiger partial charge in [0.25, 0.3) is 0 Å². The first-order valence-electron chi connectivity index (χ1n) is 6.46. The van der Waals surface area contributed by atoms with E-state index in [-0.39, 0.29) is 5.97 Å². The summed E-state index contributed by atoms with van der Waals surface area (Å²) >= 11 is 0. The van der Waals surface area contributed by atoms with Crippen LogP contribution >= 0.6 is 0 Å². The fourth-order valence-corrected chi connectivity index (χ4v) is 2.21. The maximum atomic E-state index is 12.2. The van der Waals surface area contributed by atoms with Crippen LogP contribution in [0.25, 0.3) is 0 Å². The van der Waals surface area contributed by atoms with Gasteiger partial charge in [-0.2, -0.15) is 0 Å². The minimum atomic E-state index is -0.457. The van der Waals surface area contributed by atoms with Crippen molar-refractivity contribution in [2.45, 2.75) is 39.7 Å². The van der Waals surface area contributed by atoms with E-state index in [1.165, 1.54) is 5.56 Å².